The van der Waals surface area contributed by atoms with E-state index in [9.17, 15) is 14.0 Å². The van der Waals surface area contributed by atoms with E-state index in [-0.39, 0.29) is 30.1 Å². The van der Waals surface area contributed by atoms with E-state index in [2.05, 4.69) is 34.6 Å². The van der Waals surface area contributed by atoms with E-state index in [1.54, 1.807) is 6.07 Å². The van der Waals surface area contributed by atoms with Gasteiger partial charge in [0.1, 0.15) is 17.8 Å². The second kappa shape index (κ2) is 10.9. The van der Waals surface area contributed by atoms with Crippen LogP contribution in [0.3, 0.4) is 0 Å². The minimum Gasteiger partial charge on any atom is -0.484 e. The van der Waals surface area contributed by atoms with E-state index < -0.39 is 11.7 Å². The van der Waals surface area contributed by atoms with Crippen LogP contribution in [0.25, 0.3) is 0 Å². The zero-order valence-corrected chi connectivity index (χ0v) is 21.2. The van der Waals surface area contributed by atoms with E-state index >= 15 is 0 Å². The van der Waals surface area contributed by atoms with Gasteiger partial charge in [-0.05, 0) is 60.4 Å². The number of carbonyl (C=O) groups excluding carboxylic acids is 2. The van der Waals surface area contributed by atoms with Gasteiger partial charge in [0.25, 0.3) is 5.91 Å². The molecule has 5 rings (SSSR count). The summed E-state index contributed by atoms with van der Waals surface area (Å²) in [5.74, 6) is -0.0214. The van der Waals surface area contributed by atoms with Crippen molar-refractivity contribution in [1.82, 2.24) is 9.88 Å². The van der Waals surface area contributed by atoms with Crippen LogP contribution in [0.1, 0.15) is 58.0 Å². The van der Waals surface area contributed by atoms with Gasteiger partial charge >= 0.3 is 0 Å². The highest BCUT2D eigenvalue weighted by Gasteiger charge is 2.31. The zero-order chi connectivity index (χ0) is 26.6. The van der Waals surface area contributed by atoms with Crippen molar-refractivity contribution in [3.8, 4) is 5.75 Å². The van der Waals surface area contributed by atoms with E-state index in [1.807, 2.05) is 36.9 Å². The van der Waals surface area contributed by atoms with Crippen LogP contribution in [-0.2, 0) is 17.8 Å². The molecule has 0 aliphatic carbocycles. The van der Waals surface area contributed by atoms with Gasteiger partial charge in [-0.15, -0.1) is 0 Å². The van der Waals surface area contributed by atoms with Gasteiger partial charge in [0.05, 0.1) is 6.04 Å². The summed E-state index contributed by atoms with van der Waals surface area (Å²) in [6, 6.07) is 19.6. The molecule has 4 aromatic rings. The monoisotopic (exact) mass is 513 g/mol. The van der Waals surface area contributed by atoms with Gasteiger partial charge in [0.2, 0.25) is 11.8 Å². The normalized spacial score (nSPS) is 14.6. The molecule has 2 heterocycles. The number of benzene rings is 3. The number of fused-ring (bicyclic) bond motifs is 1. The summed E-state index contributed by atoms with van der Waals surface area (Å²) >= 11 is 0. The summed E-state index contributed by atoms with van der Waals surface area (Å²) in [6.07, 6.45) is 2.45. The summed E-state index contributed by atoms with van der Waals surface area (Å²) < 4.78 is 24.8. The fraction of sp³-hybridized carbons (Fsp3) is 0.233. The number of carbonyl (C=O) groups is 2. The Morgan fingerprint density at radius 2 is 1.95 bits per heavy atom. The van der Waals surface area contributed by atoms with E-state index in [0.29, 0.717) is 24.4 Å². The number of hydrogen-bond donors (Lipinski definition) is 1. The number of hydrogen-bond acceptors (Lipinski definition) is 5. The predicted molar refractivity (Wildman–Crippen MR) is 140 cm³/mol. The van der Waals surface area contributed by atoms with Crippen molar-refractivity contribution >= 4 is 17.5 Å². The zero-order valence-electron chi connectivity index (χ0n) is 21.2. The maximum atomic E-state index is 13.4. The highest BCUT2D eigenvalue weighted by molar-refractivity contribution is 6.02. The molecular weight excluding hydrogens is 485 g/mol. The first-order valence-electron chi connectivity index (χ1n) is 12.5. The Morgan fingerprint density at radius 3 is 2.71 bits per heavy atom. The van der Waals surface area contributed by atoms with Gasteiger partial charge in [-0.1, -0.05) is 48.9 Å². The number of halogens is 1. The number of amides is 2. The molecular formula is C30H28FN3O4. The third-order valence-corrected chi connectivity index (χ3v) is 6.59. The molecule has 0 saturated heterocycles. The van der Waals surface area contributed by atoms with Crippen LogP contribution in [0.4, 0.5) is 10.1 Å². The molecule has 0 fully saturated rings. The van der Waals surface area contributed by atoms with Crippen molar-refractivity contribution < 1.29 is 23.1 Å². The number of aryl methyl sites for hydroxylation is 1. The van der Waals surface area contributed by atoms with Gasteiger partial charge in [0, 0.05) is 18.7 Å². The molecule has 1 aliphatic heterocycles. The van der Waals surface area contributed by atoms with Crippen LogP contribution in [0.15, 0.2) is 77.4 Å². The summed E-state index contributed by atoms with van der Waals surface area (Å²) in [7, 11) is 0. The first kappa shape index (κ1) is 25.2. The molecule has 1 aromatic heterocycles. The molecule has 0 radical (unpaired) electrons. The number of anilines is 1. The van der Waals surface area contributed by atoms with Crippen molar-refractivity contribution in [2.45, 2.75) is 39.3 Å². The van der Waals surface area contributed by atoms with Crippen molar-refractivity contribution in [1.29, 1.82) is 0 Å². The number of nitrogens with zero attached hydrogens (tertiary/aromatic N) is 2. The third kappa shape index (κ3) is 5.44. The molecule has 0 unspecified atom stereocenters. The molecule has 8 heteroatoms. The van der Waals surface area contributed by atoms with Crippen LogP contribution in [-0.4, -0.2) is 28.2 Å². The molecule has 1 N–H and O–H groups in total. The highest BCUT2D eigenvalue weighted by Crippen LogP contribution is 2.37. The van der Waals surface area contributed by atoms with Crippen molar-refractivity contribution in [3.63, 3.8) is 0 Å². The van der Waals surface area contributed by atoms with E-state index in [0.717, 1.165) is 23.1 Å². The fourth-order valence-corrected chi connectivity index (χ4v) is 4.65. The summed E-state index contributed by atoms with van der Waals surface area (Å²) in [6.45, 7) is 4.60. The molecule has 0 saturated carbocycles. The maximum Gasteiger partial charge on any atom is 0.277 e. The number of rotatable bonds is 7. The Hall–Kier alpha value is -4.46. The lowest BCUT2D eigenvalue weighted by Gasteiger charge is -2.38. The number of aromatic nitrogens is 1. The standard InChI is InChI=1S/C30H28FN3O4/c1-3-28(35)34-14-13-20-11-12-24(16-25(20)29(34)21-9-7-19(2)8-10-21)37-18-27-33-26(17-38-27)30(36)32-23-6-4-5-22(31)15-23/h4-12,15-17,29H,3,13-14,18H2,1-2H3,(H,32,36)/t29-/m0/s1. The van der Waals surface area contributed by atoms with Gasteiger partial charge in [-0.3, -0.25) is 9.59 Å². The minimum atomic E-state index is -0.513. The Kier molecular flexibility index (Phi) is 7.22. The van der Waals surface area contributed by atoms with Crippen LogP contribution in [0.5, 0.6) is 5.75 Å². The maximum absolute atomic E-state index is 13.4. The van der Waals surface area contributed by atoms with Crippen LogP contribution >= 0.6 is 0 Å². The quantitative estimate of drug-likeness (QED) is 0.336. The SMILES string of the molecule is CCC(=O)N1CCc2ccc(OCc3nc(C(=O)Nc4cccc(F)c4)co3)cc2[C@@H]1c1ccc(C)cc1. The fourth-order valence-electron chi connectivity index (χ4n) is 4.65. The molecule has 1 aliphatic rings. The third-order valence-electron chi connectivity index (χ3n) is 6.59. The number of nitrogens with one attached hydrogen (secondary N) is 1. The highest BCUT2D eigenvalue weighted by atomic mass is 19.1. The second-order valence-corrected chi connectivity index (χ2v) is 9.24. The largest absolute Gasteiger partial charge is 0.484 e. The van der Waals surface area contributed by atoms with Crippen molar-refractivity contribution in [2.75, 3.05) is 11.9 Å². The number of ether oxygens (including phenoxy) is 1. The summed E-state index contributed by atoms with van der Waals surface area (Å²) in [5, 5.41) is 2.59. The molecule has 1 atom stereocenters. The predicted octanol–water partition coefficient (Wildman–Crippen LogP) is 5.84. The molecule has 0 bridgehead atoms. The smallest absolute Gasteiger partial charge is 0.277 e. The van der Waals surface area contributed by atoms with Gasteiger partial charge in [-0.2, -0.15) is 0 Å². The average Bonchev–Trinajstić information content (AvgIpc) is 3.41. The number of oxazole rings is 1. The van der Waals surface area contributed by atoms with Crippen LogP contribution in [0.2, 0.25) is 0 Å². The Labute approximate surface area is 220 Å². The Morgan fingerprint density at radius 1 is 1.13 bits per heavy atom. The van der Waals surface area contributed by atoms with Crippen LogP contribution in [0, 0.1) is 12.7 Å². The molecule has 194 valence electrons. The topological polar surface area (TPSA) is 84.7 Å². The molecule has 3 aromatic carbocycles. The lowest BCUT2D eigenvalue weighted by Crippen LogP contribution is -2.40. The lowest BCUT2D eigenvalue weighted by molar-refractivity contribution is -0.132. The average molecular weight is 514 g/mol. The van der Waals surface area contributed by atoms with Gasteiger partial charge in [0.15, 0.2) is 12.3 Å². The van der Waals surface area contributed by atoms with E-state index in [1.165, 1.54) is 30.0 Å². The lowest BCUT2D eigenvalue weighted by atomic mass is 9.87. The van der Waals surface area contributed by atoms with Crippen molar-refractivity contribution in [2.24, 2.45) is 0 Å². The molecule has 2 amide bonds. The molecule has 7 nitrogen and oxygen atoms in total. The first-order chi connectivity index (χ1) is 18.4. The van der Waals surface area contributed by atoms with E-state index in [4.69, 9.17) is 9.15 Å². The molecule has 38 heavy (non-hydrogen) atoms. The van der Waals surface area contributed by atoms with Gasteiger partial charge < -0.3 is 19.4 Å². The second-order valence-electron chi connectivity index (χ2n) is 9.24. The minimum absolute atomic E-state index is 0.0127. The first-order valence-corrected chi connectivity index (χ1v) is 12.5. The molecule has 0 spiro atoms. The van der Waals surface area contributed by atoms with Crippen molar-refractivity contribution in [3.05, 3.63) is 113 Å². The van der Waals surface area contributed by atoms with Crippen LogP contribution < -0.4 is 10.1 Å². The Bertz CT molecular complexity index is 1460. The van der Waals surface area contributed by atoms with Gasteiger partial charge in [-0.25, -0.2) is 9.37 Å². The summed E-state index contributed by atoms with van der Waals surface area (Å²) in [5.41, 5.74) is 4.80. The Balaban J connectivity index is 1.33. The summed E-state index contributed by atoms with van der Waals surface area (Å²) in [4.78, 5) is 31.4.